The van der Waals surface area contributed by atoms with Crippen molar-refractivity contribution in [2.24, 2.45) is 0 Å². The Morgan fingerprint density at radius 3 is 1.96 bits per heavy atom. The summed E-state index contributed by atoms with van der Waals surface area (Å²) in [4.78, 5) is 30.0. The molecular formula is C36H40ClN3O4S. The van der Waals surface area contributed by atoms with Crippen molar-refractivity contribution in [2.75, 3.05) is 10.8 Å². The van der Waals surface area contributed by atoms with Crippen molar-refractivity contribution in [3.8, 4) is 0 Å². The van der Waals surface area contributed by atoms with Crippen LogP contribution in [0.1, 0.15) is 42.5 Å². The number of nitrogens with one attached hydrogen (secondary N) is 1. The lowest BCUT2D eigenvalue weighted by molar-refractivity contribution is -0.140. The lowest BCUT2D eigenvalue weighted by Gasteiger charge is -2.34. The number of halogens is 1. The maximum absolute atomic E-state index is 14.5. The summed E-state index contributed by atoms with van der Waals surface area (Å²) < 4.78 is 29.3. The van der Waals surface area contributed by atoms with E-state index in [1.54, 1.807) is 36.4 Å². The van der Waals surface area contributed by atoms with Gasteiger partial charge in [0, 0.05) is 24.0 Å². The van der Waals surface area contributed by atoms with Gasteiger partial charge in [0.1, 0.15) is 12.6 Å². The summed E-state index contributed by atoms with van der Waals surface area (Å²) in [7, 11) is -4.18. The summed E-state index contributed by atoms with van der Waals surface area (Å²) >= 11 is 6.14. The second-order valence-corrected chi connectivity index (χ2v) is 13.6. The number of nitrogens with zero attached hydrogens (tertiary/aromatic N) is 2. The van der Waals surface area contributed by atoms with Gasteiger partial charge in [0.05, 0.1) is 10.6 Å². The molecular weight excluding hydrogens is 606 g/mol. The normalized spacial score (nSPS) is 12.6. The SMILES string of the molecule is CCC(C)NC(=O)C(Cc1ccccc1)N(Cc1ccc(C)cc1)C(=O)CN(c1ccc(Cl)cc1)S(=O)(=O)c1ccc(C)cc1. The Labute approximate surface area is 271 Å². The Morgan fingerprint density at radius 2 is 1.38 bits per heavy atom. The van der Waals surface area contributed by atoms with E-state index >= 15 is 0 Å². The number of carbonyl (C=O) groups is 2. The topological polar surface area (TPSA) is 86.8 Å². The van der Waals surface area contributed by atoms with Crippen LogP contribution in [-0.4, -0.2) is 43.8 Å². The van der Waals surface area contributed by atoms with Crippen molar-refractivity contribution in [2.45, 2.75) is 64.1 Å². The summed E-state index contributed by atoms with van der Waals surface area (Å²) in [6.07, 6.45) is 0.973. The van der Waals surface area contributed by atoms with E-state index in [0.29, 0.717) is 5.02 Å². The Balaban J connectivity index is 1.80. The summed E-state index contributed by atoms with van der Waals surface area (Å²) in [5, 5.41) is 3.49. The van der Waals surface area contributed by atoms with Gasteiger partial charge in [-0.05, 0) is 74.7 Å². The van der Waals surface area contributed by atoms with Crippen LogP contribution in [0.4, 0.5) is 5.69 Å². The van der Waals surface area contributed by atoms with E-state index in [0.717, 1.165) is 33.0 Å². The first-order valence-electron chi connectivity index (χ1n) is 15.0. The van der Waals surface area contributed by atoms with Crippen LogP contribution in [0.15, 0.2) is 108 Å². The fourth-order valence-electron chi connectivity index (χ4n) is 4.86. The van der Waals surface area contributed by atoms with Crippen LogP contribution in [0.25, 0.3) is 0 Å². The molecule has 2 unspecified atom stereocenters. The van der Waals surface area contributed by atoms with Crippen molar-refractivity contribution in [1.29, 1.82) is 0 Å². The third-order valence-electron chi connectivity index (χ3n) is 7.75. The quantitative estimate of drug-likeness (QED) is 0.175. The zero-order valence-corrected chi connectivity index (χ0v) is 27.7. The summed E-state index contributed by atoms with van der Waals surface area (Å²) in [5.74, 6) is -0.811. The number of sulfonamides is 1. The lowest BCUT2D eigenvalue weighted by atomic mass is 10.0. The number of carbonyl (C=O) groups excluding carboxylic acids is 2. The zero-order valence-electron chi connectivity index (χ0n) is 26.1. The number of aryl methyl sites for hydroxylation is 2. The van der Waals surface area contributed by atoms with Crippen molar-refractivity contribution < 1.29 is 18.0 Å². The van der Waals surface area contributed by atoms with Crippen LogP contribution < -0.4 is 9.62 Å². The van der Waals surface area contributed by atoms with Gasteiger partial charge in [0.15, 0.2) is 0 Å². The minimum atomic E-state index is -4.18. The molecule has 0 fully saturated rings. The smallest absolute Gasteiger partial charge is 0.264 e. The van der Waals surface area contributed by atoms with E-state index in [2.05, 4.69) is 5.32 Å². The van der Waals surface area contributed by atoms with Gasteiger partial charge in [-0.25, -0.2) is 8.42 Å². The fraction of sp³-hybridized carbons (Fsp3) is 0.278. The molecule has 0 bridgehead atoms. The highest BCUT2D eigenvalue weighted by Crippen LogP contribution is 2.27. The van der Waals surface area contributed by atoms with Crippen LogP contribution >= 0.6 is 11.6 Å². The minimum absolute atomic E-state index is 0.0521. The van der Waals surface area contributed by atoms with E-state index < -0.39 is 28.5 Å². The molecule has 2 amide bonds. The molecule has 9 heteroatoms. The van der Waals surface area contributed by atoms with E-state index in [9.17, 15) is 18.0 Å². The second kappa shape index (κ2) is 15.2. The molecule has 4 aromatic rings. The first kappa shape index (κ1) is 33.7. The first-order chi connectivity index (χ1) is 21.5. The number of amides is 2. The minimum Gasteiger partial charge on any atom is -0.352 e. The number of hydrogen-bond donors (Lipinski definition) is 1. The largest absolute Gasteiger partial charge is 0.352 e. The number of benzene rings is 4. The van der Waals surface area contributed by atoms with Gasteiger partial charge in [0.2, 0.25) is 11.8 Å². The zero-order chi connectivity index (χ0) is 32.6. The number of rotatable bonds is 13. The molecule has 4 rings (SSSR count). The molecule has 0 aliphatic rings. The van der Waals surface area contributed by atoms with E-state index in [4.69, 9.17) is 11.6 Å². The second-order valence-electron chi connectivity index (χ2n) is 11.3. The van der Waals surface area contributed by atoms with Crippen molar-refractivity contribution in [1.82, 2.24) is 10.2 Å². The lowest BCUT2D eigenvalue weighted by Crippen LogP contribution is -2.54. The highest BCUT2D eigenvalue weighted by molar-refractivity contribution is 7.92. The summed E-state index contributed by atoms with van der Waals surface area (Å²) in [5.41, 5.74) is 3.95. The number of hydrogen-bond acceptors (Lipinski definition) is 4. The predicted molar refractivity (Wildman–Crippen MR) is 181 cm³/mol. The third-order valence-corrected chi connectivity index (χ3v) is 9.79. The van der Waals surface area contributed by atoms with Gasteiger partial charge in [0.25, 0.3) is 10.0 Å². The third kappa shape index (κ3) is 8.96. The molecule has 2 atom stereocenters. The molecule has 0 radical (unpaired) electrons. The fourth-order valence-corrected chi connectivity index (χ4v) is 6.40. The van der Waals surface area contributed by atoms with Gasteiger partial charge in [-0.3, -0.25) is 13.9 Å². The standard InChI is InChI=1S/C36H40ClN3O4S/c1-5-28(4)38-36(42)34(23-29-9-7-6-8-10-29)39(24-30-15-11-26(2)12-16-30)35(41)25-40(32-19-17-31(37)18-20-32)45(43,44)33-21-13-27(3)14-22-33/h6-22,28,34H,5,23-25H2,1-4H3,(H,38,42). The van der Waals surface area contributed by atoms with Gasteiger partial charge < -0.3 is 10.2 Å². The van der Waals surface area contributed by atoms with Crippen molar-refractivity contribution in [3.05, 3.63) is 130 Å². The molecule has 0 aliphatic carbocycles. The molecule has 0 saturated carbocycles. The van der Waals surface area contributed by atoms with E-state index in [1.165, 1.54) is 17.0 Å². The summed E-state index contributed by atoms with van der Waals surface area (Å²) in [6.45, 7) is 7.34. The van der Waals surface area contributed by atoms with Crippen LogP contribution in [0.2, 0.25) is 5.02 Å². The Kier molecular flexibility index (Phi) is 11.4. The molecule has 45 heavy (non-hydrogen) atoms. The molecule has 0 heterocycles. The van der Waals surface area contributed by atoms with Crippen LogP contribution in [0.3, 0.4) is 0 Å². The molecule has 7 nitrogen and oxygen atoms in total. The van der Waals surface area contributed by atoms with E-state index in [-0.39, 0.29) is 35.5 Å². The van der Waals surface area contributed by atoms with Gasteiger partial charge >= 0.3 is 0 Å². The first-order valence-corrected chi connectivity index (χ1v) is 16.8. The van der Waals surface area contributed by atoms with E-state index in [1.807, 2.05) is 82.3 Å². The maximum atomic E-state index is 14.5. The average molecular weight is 646 g/mol. The predicted octanol–water partition coefficient (Wildman–Crippen LogP) is 6.71. The average Bonchev–Trinajstić information content (AvgIpc) is 3.03. The molecule has 236 valence electrons. The Morgan fingerprint density at radius 1 is 0.800 bits per heavy atom. The Hall–Kier alpha value is -4.14. The molecule has 0 saturated heterocycles. The Bertz CT molecular complexity index is 1680. The molecule has 0 aliphatic heterocycles. The van der Waals surface area contributed by atoms with Crippen LogP contribution in [0, 0.1) is 13.8 Å². The highest BCUT2D eigenvalue weighted by atomic mass is 35.5. The van der Waals surface area contributed by atoms with Crippen LogP contribution in [0.5, 0.6) is 0 Å². The van der Waals surface area contributed by atoms with Gasteiger partial charge in [-0.1, -0.05) is 96.4 Å². The van der Waals surface area contributed by atoms with Crippen LogP contribution in [-0.2, 0) is 32.6 Å². The number of anilines is 1. The summed E-state index contributed by atoms with van der Waals surface area (Å²) in [6, 6.07) is 29.0. The van der Waals surface area contributed by atoms with Gasteiger partial charge in [-0.15, -0.1) is 0 Å². The molecule has 1 N–H and O–H groups in total. The van der Waals surface area contributed by atoms with Crippen molar-refractivity contribution >= 4 is 39.1 Å². The molecule has 4 aromatic carbocycles. The monoisotopic (exact) mass is 645 g/mol. The maximum Gasteiger partial charge on any atom is 0.264 e. The highest BCUT2D eigenvalue weighted by Gasteiger charge is 2.35. The van der Waals surface area contributed by atoms with Crippen molar-refractivity contribution in [3.63, 3.8) is 0 Å². The van der Waals surface area contributed by atoms with Gasteiger partial charge in [-0.2, -0.15) is 0 Å². The molecule has 0 aromatic heterocycles. The molecule has 0 spiro atoms.